The van der Waals surface area contributed by atoms with E-state index in [1.54, 1.807) is 0 Å². The lowest BCUT2D eigenvalue weighted by molar-refractivity contribution is -0.491. The Labute approximate surface area is 112 Å². The summed E-state index contributed by atoms with van der Waals surface area (Å²) in [5.41, 5.74) is 0. The molecular formula is C6HF11O4S. The van der Waals surface area contributed by atoms with Crippen molar-refractivity contribution < 1.29 is 65.6 Å². The molecule has 0 aliphatic carbocycles. The molecule has 0 bridgehead atoms. The van der Waals surface area contributed by atoms with Gasteiger partial charge in [0.25, 0.3) is 15.4 Å². The molecule has 0 saturated carbocycles. The van der Waals surface area contributed by atoms with Crippen LogP contribution in [-0.2, 0) is 19.0 Å². The number of hydrogen-bond acceptors (Lipinski definition) is 4. The third-order valence-corrected chi connectivity index (χ3v) is 3.70. The first-order valence-corrected chi connectivity index (χ1v) is 5.98. The lowest BCUT2D eigenvalue weighted by Gasteiger charge is -2.42. The zero-order valence-electron chi connectivity index (χ0n) is 9.28. The van der Waals surface area contributed by atoms with Gasteiger partial charge in [-0.1, -0.05) is 0 Å². The summed E-state index contributed by atoms with van der Waals surface area (Å²) in [6.07, 6.45) is -20.1. The van der Waals surface area contributed by atoms with E-state index in [-0.39, 0.29) is 0 Å². The van der Waals surface area contributed by atoms with Gasteiger partial charge in [0.15, 0.2) is 0 Å². The summed E-state index contributed by atoms with van der Waals surface area (Å²) in [5.74, 6) is -7.13. The van der Waals surface area contributed by atoms with E-state index in [9.17, 15) is 56.7 Å². The highest BCUT2D eigenvalue weighted by atomic mass is 32.2. The summed E-state index contributed by atoms with van der Waals surface area (Å²) < 4.78 is 161. The van der Waals surface area contributed by atoms with Crippen LogP contribution in [0.15, 0.2) is 0 Å². The molecule has 1 rings (SSSR count). The average molecular weight is 378 g/mol. The number of ether oxygens (including phenoxy) is 1. The number of rotatable bonds is 3. The van der Waals surface area contributed by atoms with Crippen LogP contribution in [0, 0.1) is 0 Å². The topological polar surface area (TPSA) is 52.6 Å². The van der Waals surface area contributed by atoms with Crippen LogP contribution in [0.3, 0.4) is 0 Å². The quantitative estimate of drug-likeness (QED) is 0.560. The minimum absolute atomic E-state index is 2.14. The second-order valence-corrected chi connectivity index (χ2v) is 5.39. The van der Waals surface area contributed by atoms with E-state index in [2.05, 4.69) is 8.92 Å². The molecule has 16 heteroatoms. The average Bonchev–Trinajstić information content (AvgIpc) is 2.07. The van der Waals surface area contributed by atoms with Crippen LogP contribution in [0.5, 0.6) is 0 Å². The van der Waals surface area contributed by atoms with Crippen LogP contribution in [0.1, 0.15) is 0 Å². The van der Waals surface area contributed by atoms with E-state index in [1.807, 2.05) is 0 Å². The van der Waals surface area contributed by atoms with Gasteiger partial charge in [-0.15, -0.1) is 0 Å². The molecule has 1 aliphatic rings. The number of halogens is 11. The van der Waals surface area contributed by atoms with Gasteiger partial charge >= 0.3 is 30.4 Å². The van der Waals surface area contributed by atoms with Gasteiger partial charge in [0, 0.05) is 0 Å². The molecule has 132 valence electrons. The standard InChI is InChI=1S/C6HF11O4S/c7-2(8,9)1-3(10,21-22(1,18)19)20-6(16,17)4(11,12)5(13,14)15/h1H. The van der Waals surface area contributed by atoms with Gasteiger partial charge in [0.05, 0.1) is 0 Å². The molecule has 0 aromatic carbocycles. The molecule has 2 atom stereocenters. The van der Waals surface area contributed by atoms with Gasteiger partial charge in [-0.25, -0.2) is 4.18 Å². The molecule has 0 radical (unpaired) electrons. The molecule has 0 N–H and O–H groups in total. The van der Waals surface area contributed by atoms with Gasteiger partial charge in [-0.05, 0) is 0 Å². The fourth-order valence-electron chi connectivity index (χ4n) is 1.21. The van der Waals surface area contributed by atoms with Gasteiger partial charge in [-0.2, -0.15) is 56.7 Å². The SMILES string of the molecule is O=S1(=O)OC(F)(OC(F)(F)C(F)(F)C(F)(F)F)C1C(F)(F)F. The van der Waals surface area contributed by atoms with Crippen molar-refractivity contribution in [1.29, 1.82) is 0 Å². The minimum atomic E-state index is -7.13. The fourth-order valence-corrected chi connectivity index (χ4v) is 2.38. The van der Waals surface area contributed by atoms with Crippen molar-refractivity contribution in [2.75, 3.05) is 0 Å². The Morgan fingerprint density at radius 2 is 1.32 bits per heavy atom. The van der Waals surface area contributed by atoms with Gasteiger partial charge in [-0.3, -0.25) is 4.74 Å². The van der Waals surface area contributed by atoms with E-state index in [0.717, 1.165) is 0 Å². The Morgan fingerprint density at radius 1 is 0.909 bits per heavy atom. The van der Waals surface area contributed by atoms with Crippen molar-refractivity contribution in [3.05, 3.63) is 0 Å². The molecule has 1 heterocycles. The minimum Gasteiger partial charge on any atom is -0.251 e. The normalized spacial score (nSPS) is 30.0. The molecule has 1 saturated heterocycles. The molecule has 1 aliphatic heterocycles. The first-order valence-electron chi connectivity index (χ1n) is 4.50. The Hall–Kier alpha value is -0.900. The van der Waals surface area contributed by atoms with Crippen molar-refractivity contribution in [2.45, 2.75) is 35.7 Å². The van der Waals surface area contributed by atoms with Crippen LogP contribution < -0.4 is 0 Å². The Bertz CT molecular complexity index is 548. The summed E-state index contributed by atoms with van der Waals surface area (Å²) in [6, 6.07) is -5.48. The molecule has 0 spiro atoms. The highest BCUT2D eigenvalue weighted by Crippen LogP contribution is 2.54. The second kappa shape index (κ2) is 4.56. The molecular weight excluding hydrogens is 377 g/mol. The molecule has 4 nitrogen and oxygen atoms in total. The number of alkyl halides is 11. The van der Waals surface area contributed by atoms with E-state index < -0.39 is 45.8 Å². The van der Waals surface area contributed by atoms with Gasteiger partial charge in [0.1, 0.15) is 0 Å². The van der Waals surface area contributed by atoms with Crippen LogP contribution in [0.25, 0.3) is 0 Å². The van der Waals surface area contributed by atoms with Crippen LogP contribution in [0.2, 0.25) is 0 Å². The largest absolute Gasteiger partial charge is 0.462 e. The van der Waals surface area contributed by atoms with Crippen molar-refractivity contribution in [1.82, 2.24) is 0 Å². The zero-order valence-corrected chi connectivity index (χ0v) is 10.1. The Kier molecular flexibility index (Phi) is 3.97. The lowest BCUT2D eigenvalue weighted by Crippen LogP contribution is -2.69. The van der Waals surface area contributed by atoms with Crippen molar-refractivity contribution in [3.63, 3.8) is 0 Å². The van der Waals surface area contributed by atoms with Crippen LogP contribution in [0.4, 0.5) is 48.3 Å². The first-order chi connectivity index (χ1) is 9.28. The van der Waals surface area contributed by atoms with Gasteiger partial charge in [0.2, 0.25) is 0 Å². The molecule has 0 aromatic heterocycles. The van der Waals surface area contributed by atoms with Crippen LogP contribution >= 0.6 is 0 Å². The smallest absolute Gasteiger partial charge is 0.251 e. The monoisotopic (exact) mass is 378 g/mol. The van der Waals surface area contributed by atoms with Crippen molar-refractivity contribution >= 4 is 10.1 Å². The van der Waals surface area contributed by atoms with E-state index in [4.69, 9.17) is 0 Å². The number of hydrogen-bond donors (Lipinski definition) is 0. The fraction of sp³-hybridized carbons (Fsp3) is 1.00. The van der Waals surface area contributed by atoms with E-state index in [1.165, 1.54) is 0 Å². The van der Waals surface area contributed by atoms with Crippen LogP contribution in [-0.4, -0.2) is 44.1 Å². The molecule has 0 aromatic rings. The first kappa shape index (κ1) is 19.1. The summed E-state index contributed by atoms with van der Waals surface area (Å²) in [6.45, 7) is 0. The molecule has 1 fully saturated rings. The highest BCUT2D eigenvalue weighted by Gasteiger charge is 2.82. The maximum absolute atomic E-state index is 13.3. The molecule has 2 unspecified atom stereocenters. The van der Waals surface area contributed by atoms with E-state index in [0.29, 0.717) is 0 Å². The summed E-state index contributed by atoms with van der Waals surface area (Å²) in [4.78, 5) is 0. The lowest BCUT2D eigenvalue weighted by atomic mass is 10.3. The maximum atomic E-state index is 13.3. The summed E-state index contributed by atoms with van der Waals surface area (Å²) >= 11 is 0. The second-order valence-electron chi connectivity index (χ2n) is 3.77. The van der Waals surface area contributed by atoms with Crippen molar-refractivity contribution in [3.8, 4) is 0 Å². The molecule has 22 heavy (non-hydrogen) atoms. The van der Waals surface area contributed by atoms with Gasteiger partial charge < -0.3 is 0 Å². The summed E-state index contributed by atoms with van der Waals surface area (Å²) in [5, 5.41) is -4.53. The predicted octanol–water partition coefficient (Wildman–Crippen LogP) is 2.71. The third-order valence-electron chi connectivity index (χ3n) is 2.12. The third kappa shape index (κ3) is 2.82. The molecule has 0 amide bonds. The highest BCUT2D eigenvalue weighted by molar-refractivity contribution is 7.88. The predicted molar refractivity (Wildman–Crippen MR) is 40.7 cm³/mol. The summed E-state index contributed by atoms with van der Waals surface area (Å²) in [7, 11) is -5.93. The van der Waals surface area contributed by atoms with E-state index >= 15 is 0 Å². The zero-order chi connectivity index (χ0) is 18.0. The maximum Gasteiger partial charge on any atom is 0.462 e. The van der Waals surface area contributed by atoms with Crippen molar-refractivity contribution in [2.24, 2.45) is 0 Å². The Morgan fingerprint density at radius 3 is 1.59 bits per heavy atom. The Balaban J connectivity index is 3.19.